The Labute approximate surface area is 134 Å². The molecule has 0 amide bonds. The molecule has 0 fully saturated rings. The molecular formula is C17H19BrClN. The zero-order chi connectivity index (χ0) is 14.5. The third-order valence-electron chi connectivity index (χ3n) is 3.33. The second kappa shape index (κ2) is 7.26. The van der Waals surface area contributed by atoms with Gasteiger partial charge in [0.15, 0.2) is 0 Å². The number of nitrogens with one attached hydrogen (secondary N) is 1. The van der Waals surface area contributed by atoms with Gasteiger partial charge in [0.2, 0.25) is 0 Å². The van der Waals surface area contributed by atoms with Gasteiger partial charge in [0.25, 0.3) is 0 Å². The summed E-state index contributed by atoms with van der Waals surface area (Å²) in [6.07, 6.45) is 1.10. The molecule has 2 aromatic rings. The van der Waals surface area contributed by atoms with E-state index in [4.69, 9.17) is 11.6 Å². The Kier molecular flexibility index (Phi) is 5.64. The van der Waals surface area contributed by atoms with Crippen molar-refractivity contribution >= 4 is 27.5 Å². The van der Waals surface area contributed by atoms with Crippen LogP contribution in [0.4, 0.5) is 0 Å². The summed E-state index contributed by atoms with van der Waals surface area (Å²) >= 11 is 9.71. The molecular weight excluding hydrogens is 334 g/mol. The minimum absolute atomic E-state index is 0.182. The van der Waals surface area contributed by atoms with Gasteiger partial charge in [-0.3, -0.25) is 0 Å². The van der Waals surface area contributed by atoms with E-state index >= 15 is 0 Å². The van der Waals surface area contributed by atoms with Gasteiger partial charge in [-0.05, 0) is 48.7 Å². The molecule has 0 saturated carbocycles. The highest BCUT2D eigenvalue weighted by Crippen LogP contribution is 2.31. The third kappa shape index (κ3) is 3.63. The highest BCUT2D eigenvalue weighted by molar-refractivity contribution is 9.10. The van der Waals surface area contributed by atoms with Crippen molar-refractivity contribution in [3.05, 3.63) is 68.7 Å². The maximum atomic E-state index is 5.99. The predicted molar refractivity (Wildman–Crippen MR) is 90.5 cm³/mol. The van der Waals surface area contributed by atoms with E-state index in [-0.39, 0.29) is 6.04 Å². The molecule has 2 aromatic carbocycles. The summed E-state index contributed by atoms with van der Waals surface area (Å²) in [7, 11) is 0. The number of benzene rings is 2. The van der Waals surface area contributed by atoms with Crippen LogP contribution in [0, 0.1) is 6.92 Å². The monoisotopic (exact) mass is 351 g/mol. The van der Waals surface area contributed by atoms with Gasteiger partial charge in [0.05, 0.1) is 6.04 Å². The summed E-state index contributed by atoms with van der Waals surface area (Å²) in [6.45, 7) is 5.28. The number of aryl methyl sites for hydroxylation is 1. The fraction of sp³-hybridized carbons (Fsp3) is 0.294. The first kappa shape index (κ1) is 15.6. The lowest BCUT2D eigenvalue weighted by Gasteiger charge is -2.22. The summed E-state index contributed by atoms with van der Waals surface area (Å²) in [6, 6.07) is 14.6. The first-order valence-corrected chi connectivity index (χ1v) is 8.04. The molecule has 1 N–H and O–H groups in total. The number of halogens is 2. The van der Waals surface area contributed by atoms with E-state index in [0.29, 0.717) is 0 Å². The number of hydrogen-bond acceptors (Lipinski definition) is 1. The summed E-state index contributed by atoms with van der Waals surface area (Å²) in [4.78, 5) is 0. The van der Waals surface area contributed by atoms with Crippen molar-refractivity contribution in [3.8, 4) is 0 Å². The molecule has 1 nitrogen and oxygen atoms in total. The summed E-state index contributed by atoms with van der Waals surface area (Å²) in [5, 5.41) is 4.39. The topological polar surface area (TPSA) is 12.0 Å². The average molecular weight is 353 g/mol. The molecule has 0 aliphatic carbocycles. The standard InChI is InChI=1S/C17H19BrClN/c1-3-11-20-17(13-7-9-14(19)10-8-13)15-6-4-5-12(2)16(15)18/h4-10,17,20H,3,11H2,1-2H3. The van der Waals surface area contributed by atoms with Crippen molar-refractivity contribution in [2.45, 2.75) is 26.3 Å². The predicted octanol–water partition coefficient (Wildman–Crippen LogP) is 5.50. The molecule has 20 heavy (non-hydrogen) atoms. The van der Waals surface area contributed by atoms with E-state index < -0.39 is 0 Å². The second-order valence-corrected chi connectivity index (χ2v) is 6.15. The van der Waals surface area contributed by atoms with E-state index in [9.17, 15) is 0 Å². The van der Waals surface area contributed by atoms with Crippen molar-refractivity contribution in [3.63, 3.8) is 0 Å². The van der Waals surface area contributed by atoms with Crippen LogP contribution in [0.25, 0.3) is 0 Å². The van der Waals surface area contributed by atoms with Crippen molar-refractivity contribution < 1.29 is 0 Å². The van der Waals surface area contributed by atoms with Crippen molar-refractivity contribution in [1.82, 2.24) is 5.32 Å². The largest absolute Gasteiger partial charge is 0.306 e. The van der Waals surface area contributed by atoms with Crippen LogP contribution < -0.4 is 5.32 Å². The Morgan fingerprint density at radius 1 is 1.15 bits per heavy atom. The Bertz CT molecular complexity index is 566. The van der Waals surface area contributed by atoms with Crippen LogP contribution in [0.15, 0.2) is 46.9 Å². The minimum Gasteiger partial charge on any atom is -0.306 e. The Morgan fingerprint density at radius 3 is 2.50 bits per heavy atom. The SMILES string of the molecule is CCCNC(c1ccc(Cl)cc1)c1cccc(C)c1Br. The van der Waals surface area contributed by atoms with Crippen LogP contribution in [-0.2, 0) is 0 Å². The molecule has 0 aliphatic heterocycles. The molecule has 0 radical (unpaired) electrons. The normalized spacial score (nSPS) is 12.4. The van der Waals surface area contributed by atoms with Gasteiger partial charge < -0.3 is 5.32 Å². The van der Waals surface area contributed by atoms with Crippen LogP contribution in [0.5, 0.6) is 0 Å². The smallest absolute Gasteiger partial charge is 0.0587 e. The van der Waals surface area contributed by atoms with E-state index in [2.05, 4.69) is 65.4 Å². The zero-order valence-corrected chi connectivity index (χ0v) is 14.1. The molecule has 3 heteroatoms. The molecule has 0 aliphatic rings. The highest BCUT2D eigenvalue weighted by atomic mass is 79.9. The fourth-order valence-corrected chi connectivity index (χ4v) is 2.86. The molecule has 1 atom stereocenters. The zero-order valence-electron chi connectivity index (χ0n) is 11.8. The number of hydrogen-bond donors (Lipinski definition) is 1. The van der Waals surface area contributed by atoms with E-state index in [1.54, 1.807) is 0 Å². The summed E-state index contributed by atoms with van der Waals surface area (Å²) in [5.74, 6) is 0. The lowest BCUT2D eigenvalue weighted by Crippen LogP contribution is -2.23. The van der Waals surface area contributed by atoms with Crippen LogP contribution in [0.1, 0.15) is 36.1 Å². The molecule has 0 bridgehead atoms. The Hall–Kier alpha value is -0.830. The first-order valence-electron chi connectivity index (χ1n) is 6.87. The Morgan fingerprint density at radius 2 is 1.85 bits per heavy atom. The van der Waals surface area contributed by atoms with Crippen LogP contribution in [-0.4, -0.2) is 6.54 Å². The van der Waals surface area contributed by atoms with Crippen molar-refractivity contribution in [2.24, 2.45) is 0 Å². The van der Waals surface area contributed by atoms with Gasteiger partial charge >= 0.3 is 0 Å². The Balaban J connectivity index is 2.41. The average Bonchev–Trinajstić information content (AvgIpc) is 2.45. The minimum atomic E-state index is 0.182. The van der Waals surface area contributed by atoms with Crippen LogP contribution in [0.2, 0.25) is 5.02 Å². The van der Waals surface area contributed by atoms with Crippen molar-refractivity contribution in [1.29, 1.82) is 0 Å². The molecule has 106 valence electrons. The highest BCUT2D eigenvalue weighted by Gasteiger charge is 2.16. The quantitative estimate of drug-likeness (QED) is 0.749. The van der Waals surface area contributed by atoms with Gasteiger partial charge in [0.1, 0.15) is 0 Å². The van der Waals surface area contributed by atoms with Gasteiger partial charge in [-0.1, -0.05) is 64.8 Å². The molecule has 0 spiro atoms. The first-order chi connectivity index (χ1) is 9.63. The maximum absolute atomic E-state index is 5.99. The van der Waals surface area contributed by atoms with Gasteiger partial charge in [-0.2, -0.15) is 0 Å². The van der Waals surface area contributed by atoms with Crippen LogP contribution >= 0.6 is 27.5 Å². The van der Waals surface area contributed by atoms with Crippen LogP contribution in [0.3, 0.4) is 0 Å². The lowest BCUT2D eigenvalue weighted by atomic mass is 9.97. The van der Waals surface area contributed by atoms with E-state index in [1.807, 2.05) is 12.1 Å². The fourth-order valence-electron chi connectivity index (χ4n) is 2.24. The lowest BCUT2D eigenvalue weighted by molar-refractivity contribution is 0.596. The summed E-state index contributed by atoms with van der Waals surface area (Å²) < 4.78 is 1.17. The number of rotatable bonds is 5. The molecule has 1 unspecified atom stereocenters. The van der Waals surface area contributed by atoms with E-state index in [0.717, 1.165) is 18.0 Å². The van der Waals surface area contributed by atoms with Gasteiger partial charge in [-0.25, -0.2) is 0 Å². The maximum Gasteiger partial charge on any atom is 0.0587 e. The van der Waals surface area contributed by atoms with Gasteiger partial charge in [-0.15, -0.1) is 0 Å². The molecule has 0 heterocycles. The molecule has 0 aromatic heterocycles. The second-order valence-electron chi connectivity index (χ2n) is 4.92. The van der Waals surface area contributed by atoms with E-state index in [1.165, 1.54) is 21.2 Å². The third-order valence-corrected chi connectivity index (χ3v) is 4.67. The molecule has 2 rings (SSSR count). The van der Waals surface area contributed by atoms with Gasteiger partial charge in [0, 0.05) is 9.50 Å². The molecule has 0 saturated heterocycles. The van der Waals surface area contributed by atoms with Crippen molar-refractivity contribution in [2.75, 3.05) is 6.54 Å². The summed E-state index contributed by atoms with van der Waals surface area (Å²) in [5.41, 5.74) is 3.75.